The van der Waals surface area contributed by atoms with Crippen LogP contribution in [0.5, 0.6) is 0 Å². The lowest BCUT2D eigenvalue weighted by atomic mass is 10.1. The van der Waals surface area contributed by atoms with E-state index in [-0.39, 0.29) is 24.2 Å². The molecule has 1 saturated heterocycles. The van der Waals surface area contributed by atoms with E-state index in [1.807, 2.05) is 6.92 Å². The minimum absolute atomic E-state index is 0.0192. The first-order chi connectivity index (χ1) is 11.1. The Bertz CT molecular complexity index is 730. The number of likely N-dealkylation sites (tertiary alicyclic amines) is 1. The molecule has 1 aliphatic rings. The summed E-state index contributed by atoms with van der Waals surface area (Å²) in [6.07, 6.45) is 4.90. The van der Waals surface area contributed by atoms with Crippen LogP contribution in [0.3, 0.4) is 0 Å². The van der Waals surface area contributed by atoms with E-state index in [2.05, 4.69) is 10.3 Å². The normalized spacial score (nSPS) is 17.6. The fourth-order valence-electron chi connectivity index (χ4n) is 2.69. The summed E-state index contributed by atoms with van der Waals surface area (Å²) in [5.74, 6) is -1.13. The Kier molecular flexibility index (Phi) is 4.10. The second kappa shape index (κ2) is 6.20. The van der Waals surface area contributed by atoms with E-state index < -0.39 is 5.82 Å². The smallest absolute Gasteiger partial charge is 0.229 e. The van der Waals surface area contributed by atoms with Gasteiger partial charge in [0.25, 0.3) is 0 Å². The molecule has 2 aromatic rings. The number of rotatable bonds is 4. The molecule has 3 rings (SSSR count). The lowest BCUT2D eigenvalue weighted by molar-refractivity contribution is -0.128. The van der Waals surface area contributed by atoms with Crippen molar-refractivity contribution in [3.63, 3.8) is 0 Å². The molecule has 1 unspecified atom stereocenters. The van der Waals surface area contributed by atoms with Crippen LogP contribution in [0.1, 0.15) is 13.3 Å². The number of aromatic nitrogens is 2. The van der Waals surface area contributed by atoms with Crippen molar-refractivity contribution in [1.82, 2.24) is 14.5 Å². The average Bonchev–Trinajstić information content (AvgIpc) is 3.16. The fraction of sp³-hybridized carbons (Fsp3) is 0.312. The molecule has 1 aromatic carbocycles. The second-order valence-electron chi connectivity index (χ2n) is 5.46. The van der Waals surface area contributed by atoms with Crippen LogP contribution in [0.2, 0.25) is 0 Å². The summed E-state index contributed by atoms with van der Waals surface area (Å²) in [5, 5.41) is 2.68. The van der Waals surface area contributed by atoms with Crippen molar-refractivity contribution in [1.29, 1.82) is 0 Å². The molecule has 1 aromatic heterocycles. The third kappa shape index (κ3) is 3.08. The molecular formula is C16H17FN4O2. The zero-order valence-corrected chi connectivity index (χ0v) is 12.7. The monoisotopic (exact) mass is 316 g/mol. The van der Waals surface area contributed by atoms with E-state index in [1.54, 1.807) is 34.0 Å². The highest BCUT2D eigenvalue weighted by Crippen LogP contribution is 2.22. The van der Waals surface area contributed by atoms with Crippen LogP contribution < -0.4 is 5.32 Å². The summed E-state index contributed by atoms with van der Waals surface area (Å²) in [6, 6.07) is 4.47. The van der Waals surface area contributed by atoms with Crippen LogP contribution in [-0.2, 0) is 9.59 Å². The molecule has 6 nitrogen and oxygen atoms in total. The van der Waals surface area contributed by atoms with Gasteiger partial charge in [0.2, 0.25) is 11.8 Å². The Balaban J connectivity index is 1.70. The molecule has 1 aliphatic heterocycles. The molecule has 7 heteroatoms. The van der Waals surface area contributed by atoms with E-state index in [0.717, 1.165) is 0 Å². The van der Waals surface area contributed by atoms with Gasteiger partial charge < -0.3 is 14.8 Å². The highest BCUT2D eigenvalue weighted by molar-refractivity contribution is 5.97. The van der Waals surface area contributed by atoms with Gasteiger partial charge in [-0.3, -0.25) is 9.59 Å². The number of nitrogens with one attached hydrogen (secondary N) is 1. The molecule has 2 amide bonds. The highest BCUT2D eigenvalue weighted by Gasteiger charge is 2.33. The lowest BCUT2D eigenvalue weighted by Crippen LogP contribution is -2.28. The Morgan fingerprint density at radius 3 is 2.91 bits per heavy atom. The van der Waals surface area contributed by atoms with Gasteiger partial charge in [-0.1, -0.05) is 0 Å². The number of amides is 2. The minimum Gasteiger partial charge on any atom is -0.342 e. The van der Waals surface area contributed by atoms with E-state index in [9.17, 15) is 14.0 Å². The van der Waals surface area contributed by atoms with Gasteiger partial charge in [0.1, 0.15) is 5.82 Å². The standard InChI is InChI=1S/C16H17FN4O2/c1-2-20-9-11(7-15(20)22)16(23)19-12-3-4-14(13(17)8-12)21-6-5-18-10-21/h3-6,8,10-11H,2,7,9H2,1H3,(H,19,23). The molecule has 0 spiro atoms. The highest BCUT2D eigenvalue weighted by atomic mass is 19.1. The first kappa shape index (κ1) is 15.2. The molecule has 1 fully saturated rings. The van der Waals surface area contributed by atoms with Crippen molar-refractivity contribution in [2.45, 2.75) is 13.3 Å². The van der Waals surface area contributed by atoms with Crippen molar-refractivity contribution in [3.05, 3.63) is 42.7 Å². The number of anilines is 1. The first-order valence-electron chi connectivity index (χ1n) is 7.45. The number of carbonyl (C=O) groups excluding carboxylic acids is 2. The van der Waals surface area contributed by atoms with Crippen molar-refractivity contribution < 1.29 is 14.0 Å². The number of hydrogen-bond donors (Lipinski definition) is 1. The largest absolute Gasteiger partial charge is 0.342 e. The van der Waals surface area contributed by atoms with E-state index in [0.29, 0.717) is 24.5 Å². The molecule has 0 saturated carbocycles. The summed E-state index contributed by atoms with van der Waals surface area (Å²) in [4.78, 5) is 29.4. The van der Waals surface area contributed by atoms with Crippen LogP contribution >= 0.6 is 0 Å². The lowest BCUT2D eigenvalue weighted by Gasteiger charge is -2.14. The number of benzene rings is 1. The summed E-state index contributed by atoms with van der Waals surface area (Å²) in [7, 11) is 0. The maximum Gasteiger partial charge on any atom is 0.229 e. The zero-order valence-electron chi connectivity index (χ0n) is 12.7. The van der Waals surface area contributed by atoms with Gasteiger partial charge in [0, 0.05) is 37.6 Å². The van der Waals surface area contributed by atoms with Crippen molar-refractivity contribution in [2.24, 2.45) is 5.92 Å². The Morgan fingerprint density at radius 2 is 2.30 bits per heavy atom. The average molecular weight is 316 g/mol. The Morgan fingerprint density at radius 1 is 1.48 bits per heavy atom. The van der Waals surface area contributed by atoms with Crippen LogP contribution in [-0.4, -0.2) is 39.4 Å². The maximum absolute atomic E-state index is 14.2. The summed E-state index contributed by atoms with van der Waals surface area (Å²) < 4.78 is 15.7. The molecular weight excluding hydrogens is 299 g/mol. The predicted molar refractivity (Wildman–Crippen MR) is 82.5 cm³/mol. The van der Waals surface area contributed by atoms with Gasteiger partial charge in [0.05, 0.1) is 17.9 Å². The van der Waals surface area contributed by atoms with E-state index >= 15 is 0 Å². The fourth-order valence-corrected chi connectivity index (χ4v) is 2.69. The molecule has 120 valence electrons. The third-order valence-corrected chi connectivity index (χ3v) is 3.96. The topological polar surface area (TPSA) is 67.2 Å². The number of imidazole rings is 1. The van der Waals surface area contributed by atoms with Gasteiger partial charge in [-0.15, -0.1) is 0 Å². The predicted octanol–water partition coefficient (Wildman–Crippen LogP) is 1.82. The van der Waals surface area contributed by atoms with E-state index in [1.165, 1.54) is 12.4 Å². The molecule has 23 heavy (non-hydrogen) atoms. The van der Waals surface area contributed by atoms with Gasteiger partial charge in [-0.05, 0) is 25.1 Å². The molecule has 0 radical (unpaired) electrons. The minimum atomic E-state index is -0.460. The van der Waals surface area contributed by atoms with Crippen LogP contribution in [0.4, 0.5) is 10.1 Å². The number of nitrogens with zero attached hydrogens (tertiary/aromatic N) is 3. The molecule has 2 heterocycles. The van der Waals surface area contributed by atoms with Gasteiger partial charge in [0.15, 0.2) is 0 Å². The Hall–Kier alpha value is -2.70. The SMILES string of the molecule is CCN1CC(C(=O)Nc2ccc(-n3ccnc3)c(F)c2)CC1=O. The van der Waals surface area contributed by atoms with Crippen molar-refractivity contribution >= 4 is 17.5 Å². The number of halogens is 1. The van der Waals surface area contributed by atoms with Crippen molar-refractivity contribution in [2.75, 3.05) is 18.4 Å². The van der Waals surface area contributed by atoms with Gasteiger partial charge >= 0.3 is 0 Å². The van der Waals surface area contributed by atoms with Crippen LogP contribution in [0.25, 0.3) is 5.69 Å². The van der Waals surface area contributed by atoms with Crippen LogP contribution in [0.15, 0.2) is 36.9 Å². The summed E-state index contributed by atoms with van der Waals surface area (Å²) >= 11 is 0. The second-order valence-corrected chi connectivity index (χ2v) is 5.46. The van der Waals surface area contributed by atoms with Crippen LogP contribution in [0, 0.1) is 11.7 Å². The van der Waals surface area contributed by atoms with Gasteiger partial charge in [-0.2, -0.15) is 0 Å². The van der Waals surface area contributed by atoms with Crippen molar-refractivity contribution in [3.8, 4) is 5.69 Å². The molecule has 1 N–H and O–H groups in total. The van der Waals surface area contributed by atoms with E-state index in [4.69, 9.17) is 0 Å². The molecule has 0 bridgehead atoms. The molecule has 1 atom stereocenters. The maximum atomic E-state index is 14.2. The Labute approximate surface area is 132 Å². The third-order valence-electron chi connectivity index (χ3n) is 3.96. The quantitative estimate of drug-likeness (QED) is 0.935. The first-order valence-corrected chi connectivity index (χ1v) is 7.45. The zero-order chi connectivity index (χ0) is 16.4. The number of hydrogen-bond acceptors (Lipinski definition) is 3. The number of carbonyl (C=O) groups is 2. The summed E-state index contributed by atoms with van der Waals surface area (Å²) in [5.41, 5.74) is 0.729. The summed E-state index contributed by atoms with van der Waals surface area (Å²) in [6.45, 7) is 2.88. The van der Waals surface area contributed by atoms with Gasteiger partial charge in [-0.25, -0.2) is 9.37 Å². The molecule has 0 aliphatic carbocycles.